The van der Waals surface area contributed by atoms with Crippen molar-refractivity contribution < 1.29 is 47.1 Å². The molecule has 3 N–H and O–H groups in total. The lowest BCUT2D eigenvalue weighted by Crippen LogP contribution is -2.62. The summed E-state index contributed by atoms with van der Waals surface area (Å²) in [5.74, 6) is 0. The summed E-state index contributed by atoms with van der Waals surface area (Å²) in [7, 11) is -4.20. The zero-order valence-electron chi connectivity index (χ0n) is 42.0. The Morgan fingerprint density at radius 3 is 1.52 bits per heavy atom. The minimum absolute atomic E-state index is 0.0338. The van der Waals surface area contributed by atoms with Crippen LogP contribution in [0.1, 0.15) is 118 Å². The molecule has 386 valence electrons. The van der Waals surface area contributed by atoms with Crippen LogP contribution in [-0.2, 0) is 64.9 Å². The van der Waals surface area contributed by atoms with Crippen LogP contribution in [0.2, 0.25) is 0 Å². The normalized spacial score (nSPS) is 19.6. The maximum Gasteiger partial charge on any atom is 0.240 e. The molecule has 1 heterocycles. The average Bonchev–Trinajstić information content (AvgIpc) is 3.39. The molecule has 0 aliphatic carbocycles. The monoisotopic (exact) mass is 994 g/mol. The van der Waals surface area contributed by atoms with E-state index in [1.54, 1.807) is 12.1 Å². The molecule has 5 aromatic rings. The van der Waals surface area contributed by atoms with E-state index in [4.69, 9.17) is 28.4 Å². The van der Waals surface area contributed by atoms with E-state index in [-0.39, 0.29) is 37.9 Å². The minimum atomic E-state index is -4.20. The number of aliphatic hydroxyl groups is 2. The number of nitrogens with one attached hydrogen (secondary N) is 1. The Labute approximate surface area is 424 Å². The van der Waals surface area contributed by atoms with Gasteiger partial charge < -0.3 is 38.6 Å². The molecule has 8 atom stereocenters. The second-order valence-corrected chi connectivity index (χ2v) is 20.7. The van der Waals surface area contributed by atoms with Crippen LogP contribution >= 0.6 is 0 Å². The first kappa shape index (κ1) is 56.0. The third-order valence-electron chi connectivity index (χ3n) is 13.0. The topological polar surface area (TPSA) is 142 Å². The van der Waals surface area contributed by atoms with Gasteiger partial charge in [-0.3, -0.25) is 0 Å². The number of aryl methyl sites for hydroxylation is 1. The van der Waals surface area contributed by atoms with E-state index in [1.807, 2.05) is 134 Å². The summed E-state index contributed by atoms with van der Waals surface area (Å²) in [6, 6.07) is 44.6. The fourth-order valence-corrected chi connectivity index (χ4v) is 10.3. The Hall–Kier alpha value is -4.31. The highest BCUT2D eigenvalue weighted by Crippen LogP contribution is 2.32. The number of hydrogen-bond acceptors (Lipinski definition) is 10. The van der Waals surface area contributed by atoms with Crippen molar-refractivity contribution in [1.82, 2.24) is 4.72 Å². The van der Waals surface area contributed by atoms with Crippen LogP contribution in [0.5, 0.6) is 0 Å². The number of rotatable bonds is 34. The van der Waals surface area contributed by atoms with Gasteiger partial charge in [0.05, 0.1) is 62.8 Å². The predicted molar refractivity (Wildman–Crippen MR) is 279 cm³/mol. The molecule has 0 saturated carbocycles. The van der Waals surface area contributed by atoms with Crippen LogP contribution in [0.3, 0.4) is 0 Å². The van der Waals surface area contributed by atoms with Gasteiger partial charge >= 0.3 is 0 Å². The summed E-state index contributed by atoms with van der Waals surface area (Å²) >= 11 is 0. The highest BCUT2D eigenvalue weighted by molar-refractivity contribution is 7.89. The molecule has 0 bridgehead atoms. The number of sulfonamides is 1. The average molecular weight is 994 g/mol. The quantitative estimate of drug-likeness (QED) is 0.0341. The third-order valence-corrected chi connectivity index (χ3v) is 14.5. The molecule has 1 saturated heterocycles. The van der Waals surface area contributed by atoms with Gasteiger partial charge in [0.2, 0.25) is 10.0 Å². The number of benzene rings is 5. The van der Waals surface area contributed by atoms with E-state index in [0.717, 1.165) is 47.1 Å². The van der Waals surface area contributed by atoms with Gasteiger partial charge in [0.25, 0.3) is 0 Å². The molecule has 1 fully saturated rings. The van der Waals surface area contributed by atoms with Crippen LogP contribution in [0, 0.1) is 6.92 Å². The van der Waals surface area contributed by atoms with Crippen LogP contribution in [0.25, 0.3) is 0 Å². The van der Waals surface area contributed by atoms with Crippen LogP contribution in [0.15, 0.2) is 150 Å². The van der Waals surface area contributed by atoms with Crippen molar-refractivity contribution in [2.24, 2.45) is 0 Å². The van der Waals surface area contributed by atoms with Gasteiger partial charge in [-0.25, -0.2) is 13.1 Å². The van der Waals surface area contributed by atoms with E-state index >= 15 is 0 Å². The molecule has 2 unspecified atom stereocenters. The molecular weight excluding hydrogens is 915 g/mol. The molecule has 11 nitrogen and oxygen atoms in total. The van der Waals surface area contributed by atoms with Crippen molar-refractivity contribution in [2.45, 2.75) is 178 Å². The molecule has 5 aromatic carbocycles. The summed E-state index contributed by atoms with van der Waals surface area (Å²) in [6.45, 7) is 4.72. The number of unbranched alkanes of at least 4 members (excludes halogenated alkanes) is 11. The summed E-state index contributed by atoms with van der Waals surface area (Å²) in [4.78, 5) is 0.0338. The van der Waals surface area contributed by atoms with E-state index in [2.05, 4.69) is 11.6 Å². The molecule has 6 rings (SSSR count). The van der Waals surface area contributed by atoms with Gasteiger partial charge in [-0.1, -0.05) is 217 Å². The van der Waals surface area contributed by atoms with Gasteiger partial charge in [0, 0.05) is 0 Å². The summed E-state index contributed by atoms with van der Waals surface area (Å²) in [5, 5.41) is 23.5. The van der Waals surface area contributed by atoms with Crippen LogP contribution in [0.4, 0.5) is 0 Å². The Morgan fingerprint density at radius 2 is 1.01 bits per heavy atom. The van der Waals surface area contributed by atoms with Crippen molar-refractivity contribution in [1.29, 1.82) is 0 Å². The molecular formula is C59H79NO10S. The first-order valence-electron chi connectivity index (χ1n) is 26.0. The van der Waals surface area contributed by atoms with Gasteiger partial charge in [-0.05, 0) is 53.3 Å². The lowest BCUT2D eigenvalue weighted by molar-refractivity contribution is -0.329. The summed E-state index contributed by atoms with van der Waals surface area (Å²) < 4.78 is 71.3. The highest BCUT2D eigenvalue weighted by Gasteiger charge is 2.49. The predicted octanol–water partition coefficient (Wildman–Crippen LogP) is 11.2. The molecule has 0 aromatic heterocycles. The van der Waals surface area contributed by atoms with Crippen molar-refractivity contribution >= 4 is 10.0 Å². The Kier molecular flexibility index (Phi) is 24.7. The molecule has 0 amide bonds. The van der Waals surface area contributed by atoms with E-state index in [9.17, 15) is 18.6 Å². The second kappa shape index (κ2) is 31.3. The Bertz CT molecular complexity index is 2270. The standard InChI is InChI=1S/C59H79NO10S/c1-3-4-5-6-7-8-9-10-11-12-13-26-38-53(61)55(62)52(60-71(63,64)51-37-27-28-46(2)39-51)44-69-59-58(68-43-50-35-24-17-25-36-50)57(67-42-49-33-22-16-23-34-49)56(66-41-48-31-20-15-21-32-48)54(70-59)45-65-40-47-29-18-14-19-30-47/h14-25,27-37,39,52-62H,3-13,26,38,40-45H2,1-2H3/t52-,53+,54?,55-,56-,57-,58?,59+/m0/s1. The van der Waals surface area contributed by atoms with Crippen molar-refractivity contribution in [3.63, 3.8) is 0 Å². The lowest BCUT2D eigenvalue weighted by atomic mass is 9.97. The molecule has 12 heteroatoms. The fourth-order valence-electron chi connectivity index (χ4n) is 8.97. The molecule has 0 spiro atoms. The minimum Gasteiger partial charge on any atom is -0.390 e. The number of ether oxygens (including phenoxy) is 6. The summed E-state index contributed by atoms with van der Waals surface area (Å²) in [6.07, 6.45) is 7.12. The first-order valence-corrected chi connectivity index (χ1v) is 27.5. The largest absolute Gasteiger partial charge is 0.390 e. The zero-order valence-corrected chi connectivity index (χ0v) is 42.8. The molecule has 0 radical (unpaired) electrons. The van der Waals surface area contributed by atoms with Gasteiger partial charge in [0.1, 0.15) is 24.4 Å². The third kappa shape index (κ3) is 19.6. The van der Waals surface area contributed by atoms with Crippen LogP contribution < -0.4 is 4.72 Å². The second-order valence-electron chi connectivity index (χ2n) is 18.9. The molecule has 1 aliphatic heterocycles. The lowest BCUT2D eigenvalue weighted by Gasteiger charge is -2.46. The van der Waals surface area contributed by atoms with E-state index < -0.39 is 59.0 Å². The highest BCUT2D eigenvalue weighted by atomic mass is 32.2. The zero-order chi connectivity index (χ0) is 49.9. The van der Waals surface area contributed by atoms with Crippen molar-refractivity contribution in [3.8, 4) is 0 Å². The van der Waals surface area contributed by atoms with Gasteiger partial charge in [0.15, 0.2) is 6.29 Å². The van der Waals surface area contributed by atoms with Gasteiger partial charge in [-0.15, -0.1) is 0 Å². The molecule has 71 heavy (non-hydrogen) atoms. The maximum atomic E-state index is 14.1. The first-order chi connectivity index (χ1) is 34.7. The number of hydrogen-bond donors (Lipinski definition) is 3. The Balaban J connectivity index is 1.24. The maximum absolute atomic E-state index is 14.1. The van der Waals surface area contributed by atoms with Crippen molar-refractivity contribution in [3.05, 3.63) is 173 Å². The SMILES string of the molecule is CCCCCCCCCCCCCC[C@@H](O)[C@@H](O)[C@H](CO[C@@H]1OC(COCc2ccccc2)[C@H](OCc2ccccc2)[C@H](OCc2ccccc2)C1OCc1ccccc1)NS(=O)(=O)c1cccc(C)c1. The van der Waals surface area contributed by atoms with E-state index in [0.29, 0.717) is 19.4 Å². The van der Waals surface area contributed by atoms with Crippen LogP contribution in [-0.4, -0.2) is 80.8 Å². The smallest absolute Gasteiger partial charge is 0.240 e. The molecule has 1 aliphatic rings. The fraction of sp³-hybridized carbons (Fsp3) is 0.492. The number of aliphatic hydroxyl groups excluding tert-OH is 2. The van der Waals surface area contributed by atoms with Gasteiger partial charge in [-0.2, -0.15) is 0 Å². The Morgan fingerprint density at radius 1 is 0.549 bits per heavy atom. The van der Waals surface area contributed by atoms with E-state index in [1.165, 1.54) is 57.4 Å². The summed E-state index contributed by atoms with van der Waals surface area (Å²) in [5.41, 5.74) is 4.54. The van der Waals surface area contributed by atoms with Crippen molar-refractivity contribution in [2.75, 3.05) is 13.2 Å².